The largest absolute Gasteiger partial charge is 0.493 e. The van der Waals surface area contributed by atoms with E-state index in [2.05, 4.69) is 11.9 Å². The number of Topliss-reactive ketones (excluding diaryl/α,β-unsaturated/α-hetero) is 1. The number of ketones is 1. The van der Waals surface area contributed by atoms with Crippen LogP contribution in [0.1, 0.15) is 21.5 Å². The zero-order valence-corrected chi connectivity index (χ0v) is 17.7. The molecule has 0 unspecified atom stereocenters. The highest BCUT2D eigenvalue weighted by Crippen LogP contribution is 2.32. The van der Waals surface area contributed by atoms with Crippen LogP contribution in [0.4, 0.5) is 0 Å². The van der Waals surface area contributed by atoms with Crippen LogP contribution in [0.5, 0.6) is 23.0 Å². The first-order chi connectivity index (χ1) is 14.5. The van der Waals surface area contributed by atoms with Crippen LogP contribution >= 0.6 is 0 Å². The molecule has 0 spiro atoms. The summed E-state index contributed by atoms with van der Waals surface area (Å²) in [7, 11) is 6.09. The lowest BCUT2D eigenvalue weighted by molar-refractivity contribution is -0.120. The minimum Gasteiger partial charge on any atom is -0.493 e. The molecule has 1 N–H and O–H groups in total. The summed E-state index contributed by atoms with van der Waals surface area (Å²) in [6, 6.07) is 8.58. The van der Waals surface area contributed by atoms with E-state index >= 15 is 0 Å². The number of carbonyl (C=O) groups is 2. The van der Waals surface area contributed by atoms with Gasteiger partial charge in [-0.15, -0.1) is 6.58 Å². The standard InChI is InChI=1S/C23H27NO6/c1-6-9-24-23(26)13-16-12-21(29-4)22(30-5)14-17(16)18(25)10-15-7-8-19(27-2)20(11-15)28-3/h6-8,11-12,14H,1,9-10,13H2,2-5H3,(H,24,26). The van der Waals surface area contributed by atoms with Gasteiger partial charge >= 0.3 is 0 Å². The van der Waals surface area contributed by atoms with Crippen molar-refractivity contribution in [2.75, 3.05) is 35.0 Å². The molecule has 0 aliphatic rings. The van der Waals surface area contributed by atoms with Crippen molar-refractivity contribution in [3.05, 3.63) is 59.7 Å². The normalized spacial score (nSPS) is 10.1. The Kier molecular flexibility index (Phi) is 8.29. The number of ether oxygens (including phenoxy) is 4. The van der Waals surface area contributed by atoms with Crippen LogP contribution in [-0.4, -0.2) is 46.7 Å². The van der Waals surface area contributed by atoms with Gasteiger partial charge in [-0.2, -0.15) is 0 Å². The van der Waals surface area contributed by atoms with Crippen molar-refractivity contribution in [3.63, 3.8) is 0 Å². The van der Waals surface area contributed by atoms with Crippen molar-refractivity contribution in [1.29, 1.82) is 0 Å². The molecule has 0 radical (unpaired) electrons. The third kappa shape index (κ3) is 5.53. The number of hydrogen-bond acceptors (Lipinski definition) is 6. The summed E-state index contributed by atoms with van der Waals surface area (Å²) >= 11 is 0. The molecule has 30 heavy (non-hydrogen) atoms. The third-order valence-corrected chi connectivity index (χ3v) is 4.52. The molecule has 0 fully saturated rings. The van der Waals surface area contributed by atoms with Gasteiger partial charge in [-0.05, 0) is 35.4 Å². The van der Waals surface area contributed by atoms with E-state index in [1.807, 2.05) is 0 Å². The van der Waals surface area contributed by atoms with Gasteiger partial charge in [0.25, 0.3) is 0 Å². The van der Waals surface area contributed by atoms with Crippen molar-refractivity contribution in [1.82, 2.24) is 5.32 Å². The van der Waals surface area contributed by atoms with E-state index in [1.165, 1.54) is 21.3 Å². The molecule has 0 bridgehead atoms. The van der Waals surface area contributed by atoms with Crippen molar-refractivity contribution in [2.24, 2.45) is 0 Å². The van der Waals surface area contributed by atoms with Crippen molar-refractivity contribution in [2.45, 2.75) is 12.8 Å². The zero-order valence-electron chi connectivity index (χ0n) is 17.7. The van der Waals surface area contributed by atoms with Crippen LogP contribution < -0.4 is 24.3 Å². The molecular weight excluding hydrogens is 386 g/mol. The number of carbonyl (C=O) groups excluding carboxylic acids is 2. The van der Waals surface area contributed by atoms with E-state index in [1.54, 1.807) is 43.5 Å². The molecule has 1 amide bonds. The number of benzene rings is 2. The maximum atomic E-state index is 13.1. The van der Waals surface area contributed by atoms with Crippen LogP contribution in [0, 0.1) is 0 Å². The second-order valence-corrected chi connectivity index (χ2v) is 6.42. The Morgan fingerprint density at radius 1 is 0.867 bits per heavy atom. The molecule has 0 atom stereocenters. The van der Waals surface area contributed by atoms with E-state index < -0.39 is 0 Å². The van der Waals surface area contributed by atoms with E-state index in [0.717, 1.165) is 5.56 Å². The fraction of sp³-hybridized carbons (Fsp3) is 0.304. The van der Waals surface area contributed by atoms with Crippen molar-refractivity contribution in [3.8, 4) is 23.0 Å². The monoisotopic (exact) mass is 413 g/mol. The molecular formula is C23H27NO6. The summed E-state index contributed by atoms with van der Waals surface area (Å²) in [6.07, 6.45) is 1.74. The van der Waals surface area contributed by atoms with Crippen molar-refractivity contribution >= 4 is 11.7 Å². The lowest BCUT2D eigenvalue weighted by Gasteiger charge is -2.15. The molecule has 2 aromatic rings. The van der Waals surface area contributed by atoms with Crippen LogP contribution in [-0.2, 0) is 17.6 Å². The van der Waals surface area contributed by atoms with E-state index in [4.69, 9.17) is 18.9 Å². The lowest BCUT2D eigenvalue weighted by atomic mass is 9.95. The van der Waals surface area contributed by atoms with Gasteiger partial charge in [0, 0.05) is 18.5 Å². The Labute approximate surface area is 176 Å². The predicted molar refractivity (Wildman–Crippen MR) is 114 cm³/mol. The molecule has 0 saturated carbocycles. The minimum atomic E-state index is -0.220. The average molecular weight is 413 g/mol. The Hall–Kier alpha value is -3.48. The molecule has 7 heteroatoms. The first-order valence-corrected chi connectivity index (χ1v) is 9.33. The third-order valence-electron chi connectivity index (χ3n) is 4.52. The summed E-state index contributed by atoms with van der Waals surface area (Å²) in [6.45, 7) is 3.93. The Morgan fingerprint density at radius 2 is 1.47 bits per heavy atom. The van der Waals surface area contributed by atoms with Crippen LogP contribution in [0.15, 0.2) is 43.0 Å². The summed E-state index contributed by atoms with van der Waals surface area (Å²) in [5.74, 6) is 1.62. The SMILES string of the molecule is C=CCNC(=O)Cc1cc(OC)c(OC)cc1C(=O)Cc1ccc(OC)c(OC)c1. The molecule has 7 nitrogen and oxygen atoms in total. The van der Waals surface area contributed by atoms with Gasteiger partial charge < -0.3 is 24.3 Å². The van der Waals surface area contributed by atoms with Gasteiger partial charge in [0.15, 0.2) is 28.8 Å². The Balaban J connectivity index is 2.38. The molecule has 2 aromatic carbocycles. The van der Waals surface area contributed by atoms with Gasteiger partial charge in [-0.25, -0.2) is 0 Å². The van der Waals surface area contributed by atoms with Gasteiger partial charge in [0.05, 0.1) is 34.9 Å². The molecule has 0 aromatic heterocycles. The quantitative estimate of drug-likeness (QED) is 0.450. The van der Waals surface area contributed by atoms with Crippen LogP contribution in [0.25, 0.3) is 0 Å². The Bertz CT molecular complexity index is 922. The molecule has 0 heterocycles. The molecule has 2 rings (SSSR count). The number of rotatable bonds is 11. The Morgan fingerprint density at radius 3 is 2.07 bits per heavy atom. The topological polar surface area (TPSA) is 83.1 Å². The molecule has 0 aliphatic carbocycles. The van der Waals surface area contributed by atoms with Gasteiger partial charge in [0.2, 0.25) is 5.91 Å². The number of methoxy groups -OCH3 is 4. The smallest absolute Gasteiger partial charge is 0.224 e. The lowest BCUT2D eigenvalue weighted by Crippen LogP contribution is -2.26. The first-order valence-electron chi connectivity index (χ1n) is 9.33. The highest BCUT2D eigenvalue weighted by Gasteiger charge is 2.19. The molecule has 160 valence electrons. The minimum absolute atomic E-state index is 0.0290. The summed E-state index contributed by atoms with van der Waals surface area (Å²) in [4.78, 5) is 25.4. The predicted octanol–water partition coefficient (Wildman–Crippen LogP) is 2.99. The zero-order chi connectivity index (χ0) is 22.1. The average Bonchev–Trinajstić information content (AvgIpc) is 2.76. The van der Waals surface area contributed by atoms with Gasteiger partial charge in [-0.1, -0.05) is 12.1 Å². The maximum Gasteiger partial charge on any atom is 0.224 e. The van der Waals surface area contributed by atoms with E-state index in [9.17, 15) is 9.59 Å². The maximum absolute atomic E-state index is 13.1. The fourth-order valence-corrected chi connectivity index (χ4v) is 3.02. The summed E-state index contributed by atoms with van der Waals surface area (Å²) < 4.78 is 21.2. The summed E-state index contributed by atoms with van der Waals surface area (Å²) in [5.41, 5.74) is 1.71. The second-order valence-electron chi connectivity index (χ2n) is 6.42. The van der Waals surface area contributed by atoms with Gasteiger partial charge in [0.1, 0.15) is 0 Å². The van der Waals surface area contributed by atoms with Crippen LogP contribution in [0.2, 0.25) is 0 Å². The van der Waals surface area contributed by atoms with E-state index in [-0.39, 0.29) is 24.5 Å². The van der Waals surface area contributed by atoms with E-state index in [0.29, 0.717) is 40.7 Å². The van der Waals surface area contributed by atoms with Crippen molar-refractivity contribution < 1.29 is 28.5 Å². The second kappa shape index (κ2) is 10.9. The summed E-state index contributed by atoms with van der Waals surface area (Å²) in [5, 5.41) is 2.72. The number of nitrogens with one attached hydrogen (secondary N) is 1. The van der Waals surface area contributed by atoms with Crippen LogP contribution in [0.3, 0.4) is 0 Å². The first kappa shape index (κ1) is 22.8. The highest BCUT2D eigenvalue weighted by atomic mass is 16.5. The fourth-order valence-electron chi connectivity index (χ4n) is 3.02. The molecule has 0 aliphatic heterocycles. The highest BCUT2D eigenvalue weighted by molar-refractivity contribution is 6.00. The number of amides is 1. The van der Waals surface area contributed by atoms with Gasteiger partial charge in [-0.3, -0.25) is 9.59 Å². The molecule has 0 saturated heterocycles. The number of hydrogen-bond donors (Lipinski definition) is 1.